The van der Waals surface area contributed by atoms with Crippen molar-refractivity contribution in [1.82, 2.24) is 5.16 Å². The van der Waals surface area contributed by atoms with Gasteiger partial charge in [-0.3, -0.25) is 0 Å². The first kappa shape index (κ1) is 17.7. The van der Waals surface area contributed by atoms with Crippen molar-refractivity contribution >= 4 is 8.32 Å². The minimum absolute atomic E-state index is 0.174. The molecule has 4 heteroatoms. The van der Waals surface area contributed by atoms with E-state index in [0.29, 0.717) is 6.61 Å². The lowest BCUT2D eigenvalue weighted by atomic mass is 10.0. The number of nitrogens with zero attached hydrogens (tertiary/aromatic N) is 1. The zero-order valence-corrected chi connectivity index (χ0v) is 15.8. The summed E-state index contributed by atoms with van der Waals surface area (Å²) in [4.78, 5) is 0. The van der Waals surface area contributed by atoms with Crippen molar-refractivity contribution in [2.45, 2.75) is 51.9 Å². The van der Waals surface area contributed by atoms with Gasteiger partial charge in [0, 0.05) is 11.1 Å². The molecule has 124 valence electrons. The Hall–Kier alpha value is -1.65. The molecule has 2 rings (SSSR count). The third-order valence-electron chi connectivity index (χ3n) is 4.64. The van der Waals surface area contributed by atoms with Gasteiger partial charge in [0.15, 0.2) is 14.1 Å². The predicted molar refractivity (Wildman–Crippen MR) is 97.8 cm³/mol. The predicted octanol–water partition coefficient (Wildman–Crippen LogP) is 5.59. The molecule has 0 N–H and O–H groups in total. The van der Waals surface area contributed by atoms with Crippen molar-refractivity contribution < 1.29 is 8.95 Å². The van der Waals surface area contributed by atoms with Gasteiger partial charge in [-0.2, -0.15) is 0 Å². The lowest BCUT2D eigenvalue weighted by Crippen LogP contribution is -2.40. The first-order valence-electron chi connectivity index (χ1n) is 8.04. The van der Waals surface area contributed by atoms with E-state index < -0.39 is 8.32 Å². The Kier molecular flexibility index (Phi) is 5.27. The summed E-state index contributed by atoms with van der Waals surface area (Å²) < 4.78 is 11.9. The zero-order chi connectivity index (χ0) is 17.1. The smallest absolute Gasteiger partial charge is 0.192 e. The number of hydrogen-bond donors (Lipinski definition) is 0. The van der Waals surface area contributed by atoms with Crippen LogP contribution in [0.2, 0.25) is 18.1 Å². The Bertz CT molecular complexity index is 654. The molecule has 0 aliphatic heterocycles. The number of rotatable bonds is 6. The second-order valence-electron chi connectivity index (χ2n) is 7.34. The van der Waals surface area contributed by atoms with Crippen LogP contribution in [0.4, 0.5) is 0 Å². The van der Waals surface area contributed by atoms with E-state index in [-0.39, 0.29) is 5.04 Å². The largest absolute Gasteiger partial charge is 0.409 e. The molecule has 0 unspecified atom stereocenters. The van der Waals surface area contributed by atoms with E-state index in [1.54, 1.807) is 0 Å². The highest BCUT2D eigenvalue weighted by Crippen LogP contribution is 2.37. The van der Waals surface area contributed by atoms with E-state index >= 15 is 0 Å². The van der Waals surface area contributed by atoms with Crippen LogP contribution < -0.4 is 0 Å². The van der Waals surface area contributed by atoms with Gasteiger partial charge >= 0.3 is 0 Å². The van der Waals surface area contributed by atoms with Gasteiger partial charge < -0.3 is 8.95 Å². The van der Waals surface area contributed by atoms with Gasteiger partial charge in [-0.1, -0.05) is 62.3 Å². The topological polar surface area (TPSA) is 35.3 Å². The SMILES string of the molecule is C=CCc1c(-c2ccccc2)noc1CO[Si](C)(C)C(C)(C)C. The molecule has 0 atom stereocenters. The van der Waals surface area contributed by atoms with E-state index in [9.17, 15) is 0 Å². The van der Waals surface area contributed by atoms with Crippen LogP contribution in [0.1, 0.15) is 32.1 Å². The molecule has 0 spiro atoms. The van der Waals surface area contributed by atoms with Crippen LogP contribution in [0.25, 0.3) is 11.3 Å². The van der Waals surface area contributed by atoms with E-state index in [1.165, 1.54) is 0 Å². The minimum Gasteiger partial charge on any atom is -0.409 e. The standard InChI is InChI=1S/C19H27NO2Si/c1-7-11-16-17(14-21-23(5,6)19(2,3)4)22-20-18(16)15-12-9-8-10-13-15/h7-10,12-13H,1,11,14H2,2-6H3. The summed E-state index contributed by atoms with van der Waals surface area (Å²) in [6.07, 6.45) is 2.61. The molecule has 3 nitrogen and oxygen atoms in total. The molecule has 23 heavy (non-hydrogen) atoms. The van der Waals surface area contributed by atoms with Crippen LogP contribution in [-0.2, 0) is 17.5 Å². The zero-order valence-electron chi connectivity index (χ0n) is 14.8. The number of allylic oxidation sites excluding steroid dienone is 1. The van der Waals surface area contributed by atoms with Gasteiger partial charge in [0.2, 0.25) is 0 Å². The number of aromatic nitrogens is 1. The lowest BCUT2D eigenvalue weighted by molar-refractivity contribution is 0.228. The van der Waals surface area contributed by atoms with Crippen LogP contribution in [0.5, 0.6) is 0 Å². The van der Waals surface area contributed by atoms with E-state index in [0.717, 1.165) is 29.0 Å². The highest BCUT2D eigenvalue weighted by atomic mass is 28.4. The van der Waals surface area contributed by atoms with Crippen molar-refractivity contribution in [2.24, 2.45) is 0 Å². The Morgan fingerprint density at radius 2 is 1.87 bits per heavy atom. The highest BCUT2D eigenvalue weighted by molar-refractivity contribution is 6.74. The van der Waals surface area contributed by atoms with Crippen molar-refractivity contribution in [2.75, 3.05) is 0 Å². The minimum atomic E-state index is -1.82. The van der Waals surface area contributed by atoms with Crippen LogP contribution >= 0.6 is 0 Å². The third kappa shape index (κ3) is 4.01. The van der Waals surface area contributed by atoms with Gasteiger partial charge in [0.25, 0.3) is 0 Å². The third-order valence-corrected chi connectivity index (χ3v) is 9.11. The highest BCUT2D eigenvalue weighted by Gasteiger charge is 2.37. The Morgan fingerprint density at radius 3 is 2.43 bits per heavy atom. The quantitative estimate of drug-likeness (QED) is 0.512. The van der Waals surface area contributed by atoms with E-state index in [2.05, 4.69) is 45.6 Å². The summed E-state index contributed by atoms with van der Waals surface area (Å²) >= 11 is 0. The van der Waals surface area contributed by atoms with E-state index in [4.69, 9.17) is 8.95 Å². The molecular formula is C19H27NO2Si. The van der Waals surface area contributed by atoms with Crippen LogP contribution in [0.3, 0.4) is 0 Å². The molecule has 0 aliphatic carbocycles. The van der Waals surface area contributed by atoms with Gasteiger partial charge in [-0.05, 0) is 24.6 Å². The van der Waals surface area contributed by atoms with Crippen molar-refractivity contribution in [3.63, 3.8) is 0 Å². The molecule has 1 aromatic carbocycles. The molecule has 2 aromatic rings. The molecule has 0 fully saturated rings. The van der Waals surface area contributed by atoms with Gasteiger partial charge in [0.05, 0.1) is 6.61 Å². The molecule has 1 heterocycles. The maximum Gasteiger partial charge on any atom is 0.192 e. The van der Waals surface area contributed by atoms with Crippen LogP contribution in [-0.4, -0.2) is 13.5 Å². The normalized spacial score (nSPS) is 12.4. The number of hydrogen-bond acceptors (Lipinski definition) is 3. The summed E-state index contributed by atoms with van der Waals surface area (Å²) in [5.74, 6) is 0.813. The first-order chi connectivity index (χ1) is 10.8. The molecule has 0 aliphatic rings. The fourth-order valence-electron chi connectivity index (χ4n) is 2.10. The molecule has 0 bridgehead atoms. The fraction of sp³-hybridized carbons (Fsp3) is 0.421. The van der Waals surface area contributed by atoms with Gasteiger partial charge in [-0.15, -0.1) is 6.58 Å². The maximum absolute atomic E-state index is 6.29. The monoisotopic (exact) mass is 329 g/mol. The second-order valence-corrected chi connectivity index (χ2v) is 12.2. The Labute approximate surface area is 140 Å². The Balaban J connectivity index is 2.27. The molecular weight excluding hydrogens is 302 g/mol. The number of benzene rings is 1. The summed E-state index contributed by atoms with van der Waals surface area (Å²) in [5.41, 5.74) is 3.02. The summed E-state index contributed by atoms with van der Waals surface area (Å²) in [7, 11) is -1.82. The first-order valence-corrected chi connectivity index (χ1v) is 10.9. The second kappa shape index (κ2) is 6.85. The lowest BCUT2D eigenvalue weighted by Gasteiger charge is -2.35. The van der Waals surface area contributed by atoms with Crippen LogP contribution in [0, 0.1) is 0 Å². The summed E-state index contributed by atoms with van der Waals surface area (Å²) in [5, 5.41) is 4.45. The maximum atomic E-state index is 6.29. The average Bonchev–Trinajstić information content (AvgIpc) is 2.88. The van der Waals surface area contributed by atoms with Crippen LogP contribution in [0.15, 0.2) is 47.5 Å². The average molecular weight is 330 g/mol. The Morgan fingerprint density at radius 1 is 1.22 bits per heavy atom. The molecule has 0 radical (unpaired) electrons. The molecule has 1 aromatic heterocycles. The summed E-state index contributed by atoms with van der Waals surface area (Å²) in [6, 6.07) is 10.1. The van der Waals surface area contributed by atoms with Crippen molar-refractivity contribution in [3.05, 3.63) is 54.3 Å². The van der Waals surface area contributed by atoms with Gasteiger partial charge in [-0.25, -0.2) is 0 Å². The van der Waals surface area contributed by atoms with Gasteiger partial charge in [0.1, 0.15) is 5.69 Å². The van der Waals surface area contributed by atoms with E-state index in [1.807, 2.05) is 36.4 Å². The molecule has 0 amide bonds. The molecule has 0 saturated carbocycles. The molecule has 0 saturated heterocycles. The van der Waals surface area contributed by atoms with Crippen molar-refractivity contribution in [1.29, 1.82) is 0 Å². The fourth-order valence-corrected chi connectivity index (χ4v) is 3.02. The summed E-state index contributed by atoms with van der Waals surface area (Å²) in [6.45, 7) is 15.5. The van der Waals surface area contributed by atoms with Crippen molar-refractivity contribution in [3.8, 4) is 11.3 Å².